The van der Waals surface area contributed by atoms with Crippen LogP contribution in [0.5, 0.6) is 6.01 Å². The highest BCUT2D eigenvalue weighted by molar-refractivity contribution is 7.22. The van der Waals surface area contributed by atoms with Crippen molar-refractivity contribution in [1.82, 2.24) is 20.3 Å². The first kappa shape index (κ1) is 26.3. The molecule has 4 saturated heterocycles. The Hall–Kier alpha value is -3.36. The zero-order chi connectivity index (χ0) is 29.0. The molecule has 3 N–H and O–H groups in total. The molecule has 2 unspecified atom stereocenters. The Kier molecular flexibility index (Phi) is 5.68. The average Bonchev–Trinajstić information content (AvgIpc) is 3.71. The predicted molar refractivity (Wildman–Crippen MR) is 147 cm³/mol. The third-order valence-corrected chi connectivity index (χ3v) is 9.84. The van der Waals surface area contributed by atoms with Gasteiger partial charge >= 0.3 is 12.2 Å². The number of fused-ring (bicyclic) bond motifs is 5. The maximum atomic E-state index is 16.7. The summed E-state index contributed by atoms with van der Waals surface area (Å²) in [5, 5.41) is 3.38. The fraction of sp³-hybridized carbons (Fsp3) is 0.464. The number of rotatable bonds is 5. The minimum atomic E-state index is -4.95. The topological polar surface area (TPSA) is 98.4 Å². The summed E-state index contributed by atoms with van der Waals surface area (Å²) >= 11 is 0.782. The summed E-state index contributed by atoms with van der Waals surface area (Å²) in [6.45, 7) is 1.81. The number of benzene rings is 2. The van der Waals surface area contributed by atoms with Crippen molar-refractivity contribution >= 4 is 43.4 Å². The molecule has 42 heavy (non-hydrogen) atoms. The van der Waals surface area contributed by atoms with E-state index >= 15 is 4.39 Å². The summed E-state index contributed by atoms with van der Waals surface area (Å²) in [5.41, 5.74) is 2.93. The maximum Gasteiger partial charge on any atom is 0.417 e. The van der Waals surface area contributed by atoms with Crippen LogP contribution in [0.2, 0.25) is 0 Å². The fourth-order valence-corrected chi connectivity index (χ4v) is 7.72. The number of nitrogen functional groups attached to an aromatic ring is 1. The molecule has 6 heterocycles. The van der Waals surface area contributed by atoms with E-state index in [-0.39, 0.29) is 73.9 Å². The van der Waals surface area contributed by atoms with Crippen molar-refractivity contribution in [3.05, 3.63) is 35.4 Å². The van der Waals surface area contributed by atoms with Crippen LogP contribution in [0.4, 0.5) is 32.9 Å². The lowest BCUT2D eigenvalue weighted by molar-refractivity contribution is -0.137. The number of aromatic nitrogens is 3. The zero-order valence-electron chi connectivity index (χ0n) is 22.1. The molecule has 4 bridgehead atoms. The highest BCUT2D eigenvalue weighted by Crippen LogP contribution is 2.50. The maximum absolute atomic E-state index is 16.7. The van der Waals surface area contributed by atoms with Gasteiger partial charge in [-0.3, -0.25) is 0 Å². The predicted octanol–water partition coefficient (Wildman–Crippen LogP) is 5.28. The van der Waals surface area contributed by atoms with Crippen LogP contribution in [0.15, 0.2) is 18.2 Å². The third-order valence-electron chi connectivity index (χ3n) is 8.95. The fourth-order valence-electron chi connectivity index (χ4n) is 6.96. The van der Waals surface area contributed by atoms with E-state index < -0.39 is 28.9 Å². The van der Waals surface area contributed by atoms with E-state index in [9.17, 15) is 17.6 Å². The number of nitrogens with zero attached hydrogens (tertiary/aromatic N) is 4. The molecule has 2 aromatic heterocycles. The molecular formula is C28H25F5N6O2S. The first-order valence-electron chi connectivity index (χ1n) is 13.8. The van der Waals surface area contributed by atoms with Gasteiger partial charge in [-0.1, -0.05) is 11.3 Å². The molecule has 5 fully saturated rings. The molecule has 4 aliphatic heterocycles. The number of nitrogens with two attached hydrogens (primary N) is 1. The SMILES string of the molecule is Nc1nc2c(-c3c(C(F)(F)F)cc4c(N5CC6CCC(C5)N6)nc(OCC56COC(C5)C6)nc4c3F)ccc(F)c2s1. The molecule has 220 valence electrons. The molecule has 9 rings (SSSR count). The van der Waals surface area contributed by atoms with E-state index in [1.807, 2.05) is 4.90 Å². The molecule has 14 heteroatoms. The molecule has 1 aliphatic carbocycles. The van der Waals surface area contributed by atoms with Gasteiger partial charge in [-0.2, -0.15) is 23.1 Å². The summed E-state index contributed by atoms with van der Waals surface area (Å²) < 4.78 is 86.8. The van der Waals surface area contributed by atoms with Gasteiger partial charge in [0.25, 0.3) is 0 Å². The number of ether oxygens (including phenoxy) is 2. The lowest BCUT2D eigenvalue weighted by Crippen LogP contribution is -2.51. The number of piperazine rings is 1. The van der Waals surface area contributed by atoms with Crippen molar-refractivity contribution in [1.29, 1.82) is 0 Å². The number of hydrogen-bond donors (Lipinski definition) is 2. The quantitative estimate of drug-likeness (QED) is 0.297. The Morgan fingerprint density at radius 1 is 1.10 bits per heavy atom. The summed E-state index contributed by atoms with van der Waals surface area (Å²) in [4.78, 5) is 14.8. The number of alkyl halides is 3. The molecule has 1 saturated carbocycles. The van der Waals surface area contributed by atoms with Gasteiger partial charge in [-0.25, -0.2) is 13.8 Å². The Balaban J connectivity index is 1.34. The summed E-state index contributed by atoms with van der Waals surface area (Å²) in [6.07, 6.45) is -1.18. The van der Waals surface area contributed by atoms with E-state index in [1.54, 1.807) is 0 Å². The molecule has 5 aliphatic rings. The van der Waals surface area contributed by atoms with Gasteiger partial charge in [0.15, 0.2) is 10.9 Å². The highest BCUT2D eigenvalue weighted by atomic mass is 32.1. The van der Waals surface area contributed by atoms with Crippen molar-refractivity contribution in [2.24, 2.45) is 5.41 Å². The van der Waals surface area contributed by atoms with Crippen LogP contribution >= 0.6 is 11.3 Å². The lowest BCUT2D eigenvalue weighted by Gasteiger charge is -2.35. The summed E-state index contributed by atoms with van der Waals surface area (Å²) in [7, 11) is 0. The zero-order valence-corrected chi connectivity index (χ0v) is 22.9. The molecule has 0 radical (unpaired) electrons. The average molecular weight is 605 g/mol. The Labute approximate surface area is 240 Å². The van der Waals surface area contributed by atoms with Crippen molar-refractivity contribution in [2.75, 3.05) is 36.9 Å². The molecule has 8 nitrogen and oxygen atoms in total. The van der Waals surface area contributed by atoms with Gasteiger partial charge in [0, 0.05) is 47.1 Å². The van der Waals surface area contributed by atoms with Crippen LogP contribution in [0.3, 0.4) is 0 Å². The van der Waals surface area contributed by atoms with Crippen LogP contribution in [0, 0.1) is 17.0 Å². The number of thiazole rings is 1. The second kappa shape index (κ2) is 9.07. The molecule has 0 amide bonds. The van der Waals surface area contributed by atoms with Crippen LogP contribution in [0.25, 0.3) is 32.2 Å². The highest BCUT2D eigenvalue weighted by Gasteiger charge is 2.52. The number of halogens is 5. The molecule has 0 spiro atoms. The summed E-state index contributed by atoms with van der Waals surface area (Å²) in [6, 6.07) is 3.16. The lowest BCUT2D eigenvalue weighted by atomic mass is 9.71. The molecular weight excluding hydrogens is 579 g/mol. The summed E-state index contributed by atoms with van der Waals surface area (Å²) in [5.74, 6) is -1.73. The van der Waals surface area contributed by atoms with Crippen molar-refractivity contribution in [2.45, 2.75) is 50.0 Å². The third kappa shape index (κ3) is 4.09. The van der Waals surface area contributed by atoms with E-state index in [2.05, 4.69) is 20.3 Å². The Bertz CT molecular complexity index is 1740. The Morgan fingerprint density at radius 2 is 1.86 bits per heavy atom. The second-order valence-corrected chi connectivity index (χ2v) is 12.9. The smallest absolute Gasteiger partial charge is 0.417 e. The van der Waals surface area contributed by atoms with Crippen LogP contribution in [0.1, 0.15) is 31.2 Å². The number of anilines is 2. The van der Waals surface area contributed by atoms with E-state index in [4.69, 9.17) is 15.2 Å². The second-order valence-electron chi connectivity index (χ2n) is 11.8. The normalized spacial score (nSPS) is 26.8. The molecule has 2 atom stereocenters. The van der Waals surface area contributed by atoms with Gasteiger partial charge in [0.1, 0.15) is 17.2 Å². The molecule has 4 aromatic rings. The number of nitrogens with one attached hydrogen (secondary N) is 1. The molecule has 2 aromatic carbocycles. The standard InChI is InChI=1S/C28H25F5N6O2S/c29-18-4-3-15(22-23(18)42-25(34)36-22)19-17(28(31,32)33)5-16-21(20(19)30)37-26(41-11-27-6-14(7-27)40-10-27)38-24(16)39-8-12-1-2-13(9-39)35-12/h3-5,12-14,35H,1-2,6-11H2,(H2,34,36). The number of hydrogen-bond acceptors (Lipinski definition) is 9. The van der Waals surface area contributed by atoms with Crippen LogP contribution in [-0.4, -0.2) is 59.4 Å². The minimum absolute atomic E-state index is 0.0479. The van der Waals surface area contributed by atoms with Crippen molar-refractivity contribution in [3.8, 4) is 17.1 Å². The van der Waals surface area contributed by atoms with Gasteiger partial charge in [0.05, 0.1) is 35.1 Å². The van der Waals surface area contributed by atoms with Crippen LogP contribution < -0.4 is 20.7 Å². The Morgan fingerprint density at radius 3 is 2.55 bits per heavy atom. The van der Waals surface area contributed by atoms with Crippen molar-refractivity contribution < 1.29 is 31.4 Å². The van der Waals surface area contributed by atoms with Gasteiger partial charge in [0.2, 0.25) is 0 Å². The van der Waals surface area contributed by atoms with Gasteiger partial charge < -0.3 is 25.4 Å². The first-order chi connectivity index (χ1) is 20.1. The van der Waals surface area contributed by atoms with E-state index in [1.165, 1.54) is 0 Å². The first-order valence-corrected chi connectivity index (χ1v) is 14.6. The largest absolute Gasteiger partial charge is 0.463 e. The van der Waals surface area contributed by atoms with Crippen LogP contribution in [-0.2, 0) is 10.9 Å². The monoisotopic (exact) mass is 604 g/mol. The minimum Gasteiger partial charge on any atom is -0.463 e. The van der Waals surface area contributed by atoms with E-state index in [0.29, 0.717) is 19.7 Å². The van der Waals surface area contributed by atoms with Gasteiger partial charge in [-0.05, 0) is 43.9 Å². The van der Waals surface area contributed by atoms with Gasteiger partial charge in [-0.15, -0.1) is 0 Å². The van der Waals surface area contributed by atoms with E-state index in [0.717, 1.165) is 55.2 Å². The van der Waals surface area contributed by atoms with Crippen molar-refractivity contribution in [3.63, 3.8) is 0 Å².